The number of likely N-dealkylation sites (tertiary alicyclic amines) is 1. The minimum absolute atomic E-state index is 0.235. The molecular formula is C20H30N6O2. The van der Waals surface area contributed by atoms with E-state index in [9.17, 15) is 4.79 Å². The topological polar surface area (TPSA) is 106 Å². The van der Waals surface area contributed by atoms with Crippen LogP contribution in [-0.4, -0.2) is 51.2 Å². The van der Waals surface area contributed by atoms with Crippen molar-refractivity contribution < 1.29 is 9.53 Å². The Morgan fingerprint density at radius 1 is 1.25 bits per heavy atom. The Bertz CT molecular complexity index is 869. The molecule has 0 saturated carbocycles. The minimum atomic E-state index is -0.465. The number of ether oxygens (including phenoxy) is 1. The highest BCUT2D eigenvalue weighted by molar-refractivity contribution is 5.89. The fourth-order valence-electron chi connectivity index (χ4n) is 3.47. The van der Waals surface area contributed by atoms with Gasteiger partial charge in [-0.1, -0.05) is 0 Å². The van der Waals surface area contributed by atoms with Gasteiger partial charge in [0.2, 0.25) is 5.95 Å². The maximum Gasteiger partial charge on any atom is 0.410 e. The highest BCUT2D eigenvalue weighted by atomic mass is 16.6. The lowest BCUT2D eigenvalue weighted by atomic mass is 9.97. The van der Waals surface area contributed by atoms with Crippen molar-refractivity contribution in [3.63, 3.8) is 0 Å². The van der Waals surface area contributed by atoms with E-state index >= 15 is 0 Å². The summed E-state index contributed by atoms with van der Waals surface area (Å²) in [6.07, 6.45) is 1.58. The van der Waals surface area contributed by atoms with Crippen LogP contribution >= 0.6 is 0 Å². The summed E-state index contributed by atoms with van der Waals surface area (Å²) in [6, 6.07) is 1.98. The maximum atomic E-state index is 12.2. The molecule has 1 fully saturated rings. The van der Waals surface area contributed by atoms with E-state index in [4.69, 9.17) is 10.5 Å². The molecule has 2 aromatic rings. The third-order valence-electron chi connectivity index (χ3n) is 4.83. The molecule has 3 rings (SSSR count). The van der Waals surface area contributed by atoms with E-state index in [0.29, 0.717) is 36.4 Å². The number of hydrogen-bond acceptors (Lipinski definition) is 7. The van der Waals surface area contributed by atoms with Gasteiger partial charge >= 0.3 is 6.09 Å². The lowest BCUT2D eigenvalue weighted by Gasteiger charge is -2.33. The molecule has 0 spiro atoms. The number of nitrogens with two attached hydrogens (primary N) is 1. The number of fused-ring (bicyclic) bond motifs is 1. The molecule has 0 aromatic carbocycles. The Morgan fingerprint density at radius 2 is 1.93 bits per heavy atom. The van der Waals surface area contributed by atoms with Crippen LogP contribution in [0.1, 0.15) is 44.9 Å². The predicted octanol–water partition coefficient (Wildman–Crippen LogP) is 3.28. The highest BCUT2D eigenvalue weighted by Gasteiger charge is 2.26. The molecule has 0 aliphatic carbocycles. The smallest absolute Gasteiger partial charge is 0.410 e. The van der Waals surface area contributed by atoms with E-state index in [1.165, 1.54) is 0 Å². The van der Waals surface area contributed by atoms with Crippen LogP contribution in [0, 0.1) is 19.8 Å². The van der Waals surface area contributed by atoms with Crippen LogP contribution in [0.25, 0.3) is 11.0 Å². The Hall–Kier alpha value is -2.64. The largest absolute Gasteiger partial charge is 0.444 e. The molecule has 0 bridgehead atoms. The number of nitrogens with one attached hydrogen (secondary N) is 1. The third-order valence-corrected chi connectivity index (χ3v) is 4.83. The average Bonchev–Trinajstić information content (AvgIpc) is 2.58. The number of rotatable bonds is 3. The lowest BCUT2D eigenvalue weighted by Crippen LogP contribution is -2.42. The van der Waals surface area contributed by atoms with Crippen molar-refractivity contribution in [2.24, 2.45) is 5.92 Å². The predicted molar refractivity (Wildman–Crippen MR) is 110 cm³/mol. The van der Waals surface area contributed by atoms with Crippen molar-refractivity contribution in [2.75, 3.05) is 30.7 Å². The summed E-state index contributed by atoms with van der Waals surface area (Å²) >= 11 is 0. The molecule has 2 aromatic heterocycles. The average molecular weight is 387 g/mol. The number of nitrogens with zero attached hydrogens (tertiary/aromatic N) is 4. The number of nitrogen functional groups attached to an aromatic ring is 1. The number of hydrogen-bond donors (Lipinski definition) is 2. The molecule has 1 amide bonds. The molecule has 1 aliphatic heterocycles. The number of pyridine rings is 1. The van der Waals surface area contributed by atoms with Crippen molar-refractivity contribution >= 4 is 28.9 Å². The molecule has 8 heteroatoms. The standard InChI is InChI=1S/C20H30N6O2/c1-12-10-13(2)23-17-15(12)16(21)24-18(25-17)22-11-14-6-8-26(9-7-14)19(27)28-20(3,4)5/h10,14H,6-9,11H2,1-5H3,(H3,21,22,23,24,25). The first-order valence-electron chi connectivity index (χ1n) is 9.75. The third kappa shape index (κ3) is 4.79. The maximum absolute atomic E-state index is 12.2. The summed E-state index contributed by atoms with van der Waals surface area (Å²) in [4.78, 5) is 27.3. The van der Waals surface area contributed by atoms with Gasteiger partial charge in [0, 0.05) is 25.3 Å². The summed E-state index contributed by atoms with van der Waals surface area (Å²) < 4.78 is 5.45. The van der Waals surface area contributed by atoms with Crippen LogP contribution in [-0.2, 0) is 4.74 Å². The number of carbonyl (C=O) groups is 1. The Morgan fingerprint density at radius 3 is 2.57 bits per heavy atom. The van der Waals surface area contributed by atoms with Gasteiger partial charge in [-0.05, 0) is 65.0 Å². The summed E-state index contributed by atoms with van der Waals surface area (Å²) in [7, 11) is 0. The van der Waals surface area contributed by atoms with Gasteiger partial charge in [-0.25, -0.2) is 9.78 Å². The van der Waals surface area contributed by atoms with Crippen LogP contribution in [0.5, 0.6) is 0 Å². The molecule has 0 unspecified atom stereocenters. The molecule has 1 aliphatic rings. The van der Waals surface area contributed by atoms with Crippen LogP contribution in [0.3, 0.4) is 0 Å². The van der Waals surface area contributed by atoms with Crippen LogP contribution in [0.4, 0.5) is 16.6 Å². The van der Waals surface area contributed by atoms with E-state index in [1.54, 1.807) is 4.90 Å². The van der Waals surface area contributed by atoms with E-state index in [-0.39, 0.29) is 6.09 Å². The number of aryl methyl sites for hydroxylation is 2. The van der Waals surface area contributed by atoms with Gasteiger partial charge in [-0.15, -0.1) is 0 Å². The number of amides is 1. The van der Waals surface area contributed by atoms with Crippen molar-refractivity contribution in [1.29, 1.82) is 0 Å². The van der Waals surface area contributed by atoms with Crippen molar-refractivity contribution in [3.05, 3.63) is 17.3 Å². The summed E-state index contributed by atoms with van der Waals surface area (Å²) in [5.41, 5.74) is 8.22. The second-order valence-corrected chi connectivity index (χ2v) is 8.50. The Balaban J connectivity index is 1.58. The van der Waals surface area contributed by atoms with E-state index in [1.807, 2.05) is 40.7 Å². The summed E-state index contributed by atoms with van der Waals surface area (Å²) in [5.74, 6) is 1.38. The Kier molecular flexibility index (Phi) is 5.58. The highest BCUT2D eigenvalue weighted by Crippen LogP contribution is 2.24. The van der Waals surface area contributed by atoms with Gasteiger partial charge in [0.1, 0.15) is 11.4 Å². The molecule has 0 radical (unpaired) electrons. The first-order valence-corrected chi connectivity index (χ1v) is 9.75. The minimum Gasteiger partial charge on any atom is -0.444 e. The molecule has 8 nitrogen and oxygen atoms in total. The summed E-state index contributed by atoms with van der Waals surface area (Å²) in [5, 5.41) is 4.10. The quantitative estimate of drug-likeness (QED) is 0.833. The molecule has 3 N–H and O–H groups in total. The monoisotopic (exact) mass is 386 g/mol. The molecule has 0 atom stereocenters. The number of aromatic nitrogens is 3. The molecular weight excluding hydrogens is 356 g/mol. The molecule has 3 heterocycles. The lowest BCUT2D eigenvalue weighted by molar-refractivity contribution is 0.0188. The van der Waals surface area contributed by atoms with Crippen LogP contribution in [0.15, 0.2) is 6.07 Å². The zero-order valence-electron chi connectivity index (χ0n) is 17.4. The second-order valence-electron chi connectivity index (χ2n) is 8.50. The second kappa shape index (κ2) is 7.77. The zero-order valence-corrected chi connectivity index (χ0v) is 17.4. The van der Waals surface area contributed by atoms with Crippen molar-refractivity contribution in [1.82, 2.24) is 19.9 Å². The van der Waals surface area contributed by atoms with Gasteiger partial charge in [0.25, 0.3) is 0 Å². The van der Waals surface area contributed by atoms with Gasteiger partial charge < -0.3 is 20.7 Å². The van der Waals surface area contributed by atoms with Crippen LogP contribution < -0.4 is 11.1 Å². The SMILES string of the molecule is Cc1cc(C)c2c(N)nc(NCC3CCN(C(=O)OC(C)(C)C)CC3)nc2n1. The van der Waals surface area contributed by atoms with E-state index < -0.39 is 5.60 Å². The van der Waals surface area contributed by atoms with Crippen molar-refractivity contribution in [2.45, 2.75) is 53.1 Å². The zero-order chi connectivity index (χ0) is 20.5. The number of carbonyl (C=O) groups excluding carboxylic acids is 1. The Labute approximate surface area is 165 Å². The van der Waals surface area contributed by atoms with E-state index in [0.717, 1.165) is 36.0 Å². The van der Waals surface area contributed by atoms with E-state index in [2.05, 4.69) is 20.3 Å². The summed E-state index contributed by atoms with van der Waals surface area (Å²) in [6.45, 7) is 11.7. The van der Waals surface area contributed by atoms with Gasteiger partial charge in [-0.2, -0.15) is 9.97 Å². The van der Waals surface area contributed by atoms with Gasteiger partial charge in [0.05, 0.1) is 5.39 Å². The fourth-order valence-corrected chi connectivity index (χ4v) is 3.47. The normalized spacial score (nSPS) is 15.7. The van der Waals surface area contributed by atoms with Crippen molar-refractivity contribution in [3.8, 4) is 0 Å². The number of piperidine rings is 1. The fraction of sp³-hybridized carbons (Fsp3) is 0.600. The first kappa shape index (κ1) is 20.1. The molecule has 28 heavy (non-hydrogen) atoms. The molecule has 152 valence electrons. The van der Waals surface area contributed by atoms with Gasteiger partial charge in [0.15, 0.2) is 5.65 Å². The van der Waals surface area contributed by atoms with Crippen LogP contribution in [0.2, 0.25) is 0 Å². The molecule has 1 saturated heterocycles. The first-order chi connectivity index (χ1) is 13.1. The number of anilines is 2. The van der Waals surface area contributed by atoms with Gasteiger partial charge in [-0.3, -0.25) is 0 Å².